The standard InChI is InChI=1S/C13H18N2O6S/c1-8(2)7-10(13(16)17)14-22(20,21)12-9(3)5-4-6-11(12)15(18)19/h4-6,8,10,14H,7H2,1-3H3,(H,16,17)/t10-/m1/s1. The average molecular weight is 330 g/mol. The van der Waals surface area contributed by atoms with Gasteiger partial charge in [0.1, 0.15) is 6.04 Å². The first-order valence-electron chi connectivity index (χ1n) is 6.55. The largest absolute Gasteiger partial charge is 0.480 e. The van der Waals surface area contributed by atoms with Crippen LogP contribution in [-0.2, 0) is 14.8 Å². The van der Waals surface area contributed by atoms with Gasteiger partial charge in [0.05, 0.1) is 4.92 Å². The second kappa shape index (κ2) is 6.84. The van der Waals surface area contributed by atoms with E-state index in [-0.39, 0.29) is 17.9 Å². The lowest BCUT2D eigenvalue weighted by Gasteiger charge is -2.17. The van der Waals surface area contributed by atoms with Crippen LogP contribution in [0.5, 0.6) is 0 Å². The maximum absolute atomic E-state index is 12.4. The zero-order chi connectivity index (χ0) is 17.1. The molecule has 0 bridgehead atoms. The van der Waals surface area contributed by atoms with Crippen LogP contribution in [-0.4, -0.2) is 30.5 Å². The number of carboxylic acid groups (broad SMARTS) is 1. The molecule has 1 aromatic rings. The lowest BCUT2D eigenvalue weighted by molar-refractivity contribution is -0.387. The number of rotatable bonds is 7. The third-order valence-corrected chi connectivity index (χ3v) is 4.62. The van der Waals surface area contributed by atoms with Gasteiger partial charge in [-0.15, -0.1) is 0 Å². The fraction of sp³-hybridized carbons (Fsp3) is 0.462. The highest BCUT2D eigenvalue weighted by Crippen LogP contribution is 2.27. The van der Waals surface area contributed by atoms with E-state index < -0.39 is 37.5 Å². The second-order valence-electron chi connectivity index (χ2n) is 5.32. The molecule has 0 aromatic heterocycles. The van der Waals surface area contributed by atoms with Crippen LogP contribution in [0.3, 0.4) is 0 Å². The zero-order valence-electron chi connectivity index (χ0n) is 12.4. The number of carbonyl (C=O) groups is 1. The van der Waals surface area contributed by atoms with Crippen molar-refractivity contribution in [2.75, 3.05) is 0 Å². The zero-order valence-corrected chi connectivity index (χ0v) is 13.3. The van der Waals surface area contributed by atoms with Crippen LogP contribution in [0.1, 0.15) is 25.8 Å². The third kappa shape index (κ3) is 4.25. The topological polar surface area (TPSA) is 127 Å². The Labute approximate surface area is 128 Å². The van der Waals surface area contributed by atoms with Crippen molar-refractivity contribution in [2.45, 2.75) is 38.1 Å². The summed E-state index contributed by atoms with van der Waals surface area (Å²) in [6.45, 7) is 4.92. The summed E-state index contributed by atoms with van der Waals surface area (Å²) in [5.41, 5.74) is -0.406. The predicted octanol–water partition coefficient (Wildman–Crippen LogP) is 1.68. The first-order chi connectivity index (χ1) is 10.1. The van der Waals surface area contributed by atoms with Crippen LogP contribution in [0.15, 0.2) is 23.1 Å². The molecule has 0 spiro atoms. The van der Waals surface area contributed by atoms with E-state index in [1.54, 1.807) is 13.8 Å². The molecular weight excluding hydrogens is 312 g/mol. The average Bonchev–Trinajstić information content (AvgIpc) is 2.36. The van der Waals surface area contributed by atoms with Crippen molar-refractivity contribution in [2.24, 2.45) is 5.92 Å². The highest BCUT2D eigenvalue weighted by atomic mass is 32.2. The normalized spacial score (nSPS) is 13.1. The number of nitro benzene ring substituents is 1. The van der Waals surface area contributed by atoms with E-state index in [0.29, 0.717) is 0 Å². The van der Waals surface area contributed by atoms with Gasteiger partial charge in [0.2, 0.25) is 10.0 Å². The summed E-state index contributed by atoms with van der Waals surface area (Å²) >= 11 is 0. The van der Waals surface area contributed by atoms with E-state index in [2.05, 4.69) is 0 Å². The van der Waals surface area contributed by atoms with Crippen molar-refractivity contribution in [1.29, 1.82) is 0 Å². The Balaban J connectivity index is 3.30. The molecule has 9 heteroatoms. The van der Waals surface area contributed by atoms with Gasteiger partial charge in [0.15, 0.2) is 4.90 Å². The lowest BCUT2D eigenvalue weighted by Crippen LogP contribution is -2.41. The molecular formula is C13H18N2O6S. The number of nitrogens with one attached hydrogen (secondary N) is 1. The molecule has 1 aromatic carbocycles. The summed E-state index contributed by atoms with van der Waals surface area (Å²) in [5, 5.41) is 20.1. The number of sulfonamides is 1. The quantitative estimate of drug-likeness (QED) is 0.578. The molecule has 0 saturated carbocycles. The molecule has 0 unspecified atom stereocenters. The number of hydrogen-bond acceptors (Lipinski definition) is 5. The molecule has 0 aliphatic heterocycles. The molecule has 22 heavy (non-hydrogen) atoms. The minimum Gasteiger partial charge on any atom is -0.480 e. The van der Waals surface area contributed by atoms with Crippen molar-refractivity contribution in [3.8, 4) is 0 Å². The Bertz CT molecular complexity index is 684. The summed E-state index contributed by atoms with van der Waals surface area (Å²) in [6, 6.07) is 2.51. The van der Waals surface area contributed by atoms with E-state index >= 15 is 0 Å². The van der Waals surface area contributed by atoms with Gasteiger partial charge in [-0.25, -0.2) is 8.42 Å². The molecule has 0 radical (unpaired) electrons. The first-order valence-corrected chi connectivity index (χ1v) is 8.03. The highest BCUT2D eigenvalue weighted by Gasteiger charge is 2.32. The van der Waals surface area contributed by atoms with E-state index in [1.165, 1.54) is 19.1 Å². The van der Waals surface area contributed by atoms with Crippen LogP contribution in [0.25, 0.3) is 0 Å². The Morgan fingerprint density at radius 3 is 2.45 bits per heavy atom. The third-order valence-electron chi connectivity index (χ3n) is 2.96. The molecule has 0 heterocycles. The number of aryl methyl sites for hydroxylation is 1. The molecule has 0 fully saturated rings. The minimum atomic E-state index is -4.33. The van der Waals surface area contributed by atoms with Gasteiger partial charge in [-0.2, -0.15) is 4.72 Å². The summed E-state index contributed by atoms with van der Waals surface area (Å²) in [5.74, 6) is -1.39. The number of hydrogen-bond donors (Lipinski definition) is 2. The monoisotopic (exact) mass is 330 g/mol. The number of benzene rings is 1. The Morgan fingerprint density at radius 2 is 2.00 bits per heavy atom. The van der Waals surface area contributed by atoms with Crippen LogP contribution < -0.4 is 4.72 Å². The van der Waals surface area contributed by atoms with Gasteiger partial charge in [-0.3, -0.25) is 14.9 Å². The van der Waals surface area contributed by atoms with E-state index in [4.69, 9.17) is 5.11 Å². The molecule has 0 amide bonds. The molecule has 0 aliphatic carbocycles. The van der Waals surface area contributed by atoms with Crippen LogP contribution in [0, 0.1) is 23.0 Å². The molecule has 8 nitrogen and oxygen atoms in total. The number of nitro groups is 1. The van der Waals surface area contributed by atoms with Crippen molar-refractivity contribution < 1.29 is 23.2 Å². The summed E-state index contributed by atoms with van der Waals surface area (Å²) in [4.78, 5) is 20.9. The Morgan fingerprint density at radius 1 is 1.41 bits per heavy atom. The second-order valence-corrected chi connectivity index (χ2v) is 6.97. The molecule has 0 saturated heterocycles. The number of nitrogens with zero attached hydrogens (tertiary/aromatic N) is 1. The Hall–Kier alpha value is -2.00. The van der Waals surface area contributed by atoms with Crippen molar-refractivity contribution in [3.63, 3.8) is 0 Å². The molecule has 1 atom stereocenters. The maximum atomic E-state index is 12.4. The minimum absolute atomic E-state index is 0.0596. The van der Waals surface area contributed by atoms with E-state index in [9.17, 15) is 23.3 Å². The summed E-state index contributed by atoms with van der Waals surface area (Å²) in [7, 11) is -4.33. The number of aliphatic carboxylic acids is 1. The molecule has 1 rings (SSSR count). The van der Waals surface area contributed by atoms with E-state index in [1.807, 2.05) is 4.72 Å². The van der Waals surface area contributed by atoms with Gasteiger partial charge in [0, 0.05) is 6.07 Å². The van der Waals surface area contributed by atoms with Crippen LogP contribution in [0.4, 0.5) is 5.69 Å². The van der Waals surface area contributed by atoms with Crippen LogP contribution >= 0.6 is 0 Å². The predicted molar refractivity (Wildman–Crippen MR) is 79.0 cm³/mol. The van der Waals surface area contributed by atoms with Crippen molar-refractivity contribution in [3.05, 3.63) is 33.9 Å². The SMILES string of the molecule is Cc1cccc([N+](=O)[O-])c1S(=O)(=O)N[C@H](CC(C)C)C(=O)O. The Kier molecular flexibility index (Phi) is 5.61. The van der Waals surface area contributed by atoms with Gasteiger partial charge < -0.3 is 5.11 Å². The molecule has 122 valence electrons. The maximum Gasteiger partial charge on any atom is 0.321 e. The van der Waals surface area contributed by atoms with Gasteiger partial charge in [0.25, 0.3) is 5.69 Å². The van der Waals surface area contributed by atoms with Gasteiger partial charge >= 0.3 is 5.97 Å². The van der Waals surface area contributed by atoms with Crippen molar-refractivity contribution in [1.82, 2.24) is 4.72 Å². The first kappa shape index (κ1) is 18.1. The fourth-order valence-electron chi connectivity index (χ4n) is 2.05. The highest BCUT2D eigenvalue weighted by molar-refractivity contribution is 7.89. The molecule has 0 aliphatic rings. The number of carboxylic acids is 1. The lowest BCUT2D eigenvalue weighted by atomic mass is 10.1. The molecule has 2 N–H and O–H groups in total. The fourth-order valence-corrected chi connectivity index (χ4v) is 3.65. The van der Waals surface area contributed by atoms with Crippen LogP contribution in [0.2, 0.25) is 0 Å². The van der Waals surface area contributed by atoms with E-state index in [0.717, 1.165) is 6.07 Å². The van der Waals surface area contributed by atoms with Crippen molar-refractivity contribution >= 4 is 21.7 Å². The van der Waals surface area contributed by atoms with Gasteiger partial charge in [-0.05, 0) is 24.8 Å². The van der Waals surface area contributed by atoms with Gasteiger partial charge in [-0.1, -0.05) is 26.0 Å². The summed E-state index contributed by atoms with van der Waals surface area (Å²) in [6.07, 6.45) is 0.0776. The smallest absolute Gasteiger partial charge is 0.321 e. The summed E-state index contributed by atoms with van der Waals surface area (Å²) < 4.78 is 26.8.